The summed E-state index contributed by atoms with van der Waals surface area (Å²) in [5.74, 6) is 0.951. The number of thioether (sulfide) groups is 1. The first-order valence-electron chi connectivity index (χ1n) is 9.04. The third kappa shape index (κ3) is 4.39. The zero-order valence-corrected chi connectivity index (χ0v) is 17.8. The second-order valence-corrected chi connectivity index (χ2v) is 8.94. The van der Waals surface area contributed by atoms with Crippen LogP contribution < -0.4 is 20.1 Å². The van der Waals surface area contributed by atoms with E-state index in [1.165, 1.54) is 23.1 Å². The first-order valence-corrected chi connectivity index (χ1v) is 10.7. The molecular weight excluding hydrogens is 424 g/mol. The van der Waals surface area contributed by atoms with Gasteiger partial charge in [0.25, 0.3) is 5.91 Å². The monoisotopic (exact) mass is 442 g/mol. The summed E-state index contributed by atoms with van der Waals surface area (Å²) in [6.45, 7) is 1.80. The van der Waals surface area contributed by atoms with Crippen molar-refractivity contribution in [3.8, 4) is 11.5 Å². The van der Waals surface area contributed by atoms with Gasteiger partial charge >= 0.3 is 0 Å². The molecule has 10 heteroatoms. The number of hydrogen-bond donors (Lipinski definition) is 2. The fraction of sp³-hybridized carbons (Fsp3) is 0.200. The van der Waals surface area contributed by atoms with Crippen LogP contribution in [0.3, 0.4) is 0 Å². The lowest BCUT2D eigenvalue weighted by molar-refractivity contribution is -0.118. The molecule has 0 aliphatic carbocycles. The summed E-state index contributed by atoms with van der Waals surface area (Å²) in [6.07, 6.45) is 0. The maximum absolute atomic E-state index is 12.8. The number of ether oxygens (including phenoxy) is 2. The number of methoxy groups -OCH3 is 1. The van der Waals surface area contributed by atoms with Crippen LogP contribution in [0.25, 0.3) is 0 Å². The van der Waals surface area contributed by atoms with Crippen molar-refractivity contribution in [2.45, 2.75) is 16.5 Å². The second-order valence-electron chi connectivity index (χ2n) is 6.37. The van der Waals surface area contributed by atoms with E-state index in [0.29, 0.717) is 32.2 Å². The molecule has 0 spiro atoms. The summed E-state index contributed by atoms with van der Waals surface area (Å²) in [5, 5.41) is 14.4. The van der Waals surface area contributed by atoms with Gasteiger partial charge in [-0.05, 0) is 37.3 Å². The van der Waals surface area contributed by atoms with Crippen LogP contribution in [-0.2, 0) is 4.79 Å². The van der Waals surface area contributed by atoms with E-state index >= 15 is 0 Å². The molecule has 2 N–H and O–H groups in total. The Morgan fingerprint density at radius 1 is 1.30 bits per heavy atom. The Labute approximate surface area is 181 Å². The summed E-state index contributed by atoms with van der Waals surface area (Å²) in [5.41, 5.74) is 1.79. The molecule has 0 saturated heterocycles. The predicted molar refractivity (Wildman–Crippen MR) is 116 cm³/mol. The average Bonchev–Trinajstić information content (AvgIpc) is 3.19. The molecule has 1 aliphatic heterocycles. The Bertz CT molecular complexity index is 1100. The number of anilines is 3. The minimum absolute atomic E-state index is 0.0190. The standard InChI is InChI=1S/C20H18N4O4S2/c1-11(18(26)12-7-8-16-14(9-12)21-17(25)10-28-16)29-20-24-23-19(30-20)22-13-5-3-4-6-15(13)27-2/h3-9,11H,10H2,1-2H3,(H,21,25)(H,22,23). The van der Waals surface area contributed by atoms with Crippen molar-refractivity contribution in [1.82, 2.24) is 10.2 Å². The normalized spacial score (nSPS) is 13.6. The number of Topliss-reactive ketones (excluding diaryl/α,β-unsaturated/α-hetero) is 1. The number of hydrogen-bond acceptors (Lipinski definition) is 9. The van der Waals surface area contributed by atoms with Gasteiger partial charge in [0.2, 0.25) is 5.13 Å². The number of carbonyl (C=O) groups excluding carboxylic acids is 2. The van der Waals surface area contributed by atoms with Gasteiger partial charge in [0.1, 0.15) is 11.5 Å². The van der Waals surface area contributed by atoms with E-state index in [1.54, 1.807) is 25.3 Å². The van der Waals surface area contributed by atoms with Crippen molar-refractivity contribution < 1.29 is 19.1 Å². The lowest BCUT2D eigenvalue weighted by atomic mass is 10.1. The first-order chi connectivity index (χ1) is 14.5. The molecule has 154 valence electrons. The summed E-state index contributed by atoms with van der Waals surface area (Å²) in [7, 11) is 1.60. The van der Waals surface area contributed by atoms with Crippen molar-refractivity contribution in [2.24, 2.45) is 0 Å². The quantitative estimate of drug-likeness (QED) is 0.418. The third-order valence-corrected chi connectivity index (χ3v) is 6.32. The number of benzene rings is 2. The number of rotatable bonds is 7. The molecule has 0 bridgehead atoms. The molecule has 0 saturated carbocycles. The maximum atomic E-state index is 12.8. The second kappa shape index (κ2) is 8.72. The molecule has 1 atom stereocenters. The number of carbonyl (C=O) groups is 2. The number of ketones is 1. The van der Waals surface area contributed by atoms with Gasteiger partial charge in [0.05, 0.1) is 23.7 Å². The van der Waals surface area contributed by atoms with Crippen LogP contribution in [0.4, 0.5) is 16.5 Å². The maximum Gasteiger partial charge on any atom is 0.262 e. The minimum atomic E-state index is -0.379. The largest absolute Gasteiger partial charge is 0.495 e. The van der Waals surface area contributed by atoms with Crippen molar-refractivity contribution in [3.05, 3.63) is 48.0 Å². The number of fused-ring (bicyclic) bond motifs is 1. The van der Waals surface area contributed by atoms with Crippen LogP contribution >= 0.6 is 23.1 Å². The van der Waals surface area contributed by atoms with Gasteiger partial charge in [0, 0.05) is 5.56 Å². The molecule has 0 fully saturated rings. The highest BCUT2D eigenvalue weighted by Crippen LogP contribution is 2.35. The molecular formula is C20H18N4O4S2. The Hall–Kier alpha value is -3.11. The fourth-order valence-electron chi connectivity index (χ4n) is 2.85. The van der Waals surface area contributed by atoms with E-state index in [1.807, 2.05) is 31.2 Å². The molecule has 3 aromatic rings. The van der Waals surface area contributed by atoms with Gasteiger partial charge in [-0.3, -0.25) is 9.59 Å². The molecule has 8 nitrogen and oxygen atoms in total. The van der Waals surface area contributed by atoms with Crippen LogP contribution in [0.5, 0.6) is 11.5 Å². The lowest BCUT2D eigenvalue weighted by Gasteiger charge is -2.18. The molecule has 2 aromatic carbocycles. The first kappa shape index (κ1) is 20.2. The molecule has 2 heterocycles. The molecule has 1 aliphatic rings. The highest BCUT2D eigenvalue weighted by atomic mass is 32.2. The molecule has 1 unspecified atom stereocenters. The van der Waals surface area contributed by atoms with Crippen LogP contribution in [0, 0.1) is 0 Å². The minimum Gasteiger partial charge on any atom is -0.495 e. The summed E-state index contributed by atoms with van der Waals surface area (Å²) in [4.78, 5) is 24.4. The number of aromatic nitrogens is 2. The molecule has 4 rings (SSSR count). The number of nitrogens with one attached hydrogen (secondary N) is 2. The highest BCUT2D eigenvalue weighted by Gasteiger charge is 2.22. The SMILES string of the molecule is COc1ccccc1Nc1nnc(SC(C)C(=O)c2ccc3c(c2)NC(=O)CO3)s1. The molecule has 1 amide bonds. The fourth-order valence-corrected chi connectivity index (χ4v) is 4.83. The Balaban J connectivity index is 1.43. The van der Waals surface area contributed by atoms with E-state index in [0.717, 1.165) is 5.69 Å². The van der Waals surface area contributed by atoms with Crippen molar-refractivity contribution >= 4 is 51.3 Å². The number of nitrogens with zero attached hydrogens (tertiary/aromatic N) is 2. The summed E-state index contributed by atoms with van der Waals surface area (Å²) in [6, 6.07) is 12.6. The predicted octanol–water partition coefficient (Wildman–Crippen LogP) is 3.98. The molecule has 1 aromatic heterocycles. The van der Waals surface area contributed by atoms with E-state index in [2.05, 4.69) is 20.8 Å². The van der Waals surface area contributed by atoms with E-state index < -0.39 is 0 Å². The molecule has 0 radical (unpaired) electrons. The van der Waals surface area contributed by atoms with Crippen LogP contribution in [0.2, 0.25) is 0 Å². The smallest absolute Gasteiger partial charge is 0.262 e. The van der Waals surface area contributed by atoms with Crippen molar-refractivity contribution in [1.29, 1.82) is 0 Å². The zero-order chi connectivity index (χ0) is 21.1. The zero-order valence-electron chi connectivity index (χ0n) is 16.2. The Kier molecular flexibility index (Phi) is 5.86. The lowest BCUT2D eigenvalue weighted by Crippen LogP contribution is -2.25. The van der Waals surface area contributed by atoms with Gasteiger partial charge in [-0.2, -0.15) is 0 Å². The van der Waals surface area contributed by atoms with Crippen LogP contribution in [0.15, 0.2) is 46.8 Å². The van der Waals surface area contributed by atoms with Gasteiger partial charge in [-0.1, -0.05) is 35.2 Å². The summed E-state index contributed by atoms with van der Waals surface area (Å²) >= 11 is 2.69. The van der Waals surface area contributed by atoms with Crippen molar-refractivity contribution in [3.63, 3.8) is 0 Å². The van der Waals surface area contributed by atoms with Crippen LogP contribution in [-0.4, -0.2) is 40.9 Å². The highest BCUT2D eigenvalue weighted by molar-refractivity contribution is 8.02. The number of amides is 1. The van der Waals surface area contributed by atoms with E-state index in [-0.39, 0.29) is 23.5 Å². The average molecular weight is 443 g/mol. The molecule has 30 heavy (non-hydrogen) atoms. The van der Waals surface area contributed by atoms with E-state index in [4.69, 9.17) is 9.47 Å². The van der Waals surface area contributed by atoms with Crippen LogP contribution in [0.1, 0.15) is 17.3 Å². The third-order valence-electron chi connectivity index (χ3n) is 4.30. The Morgan fingerprint density at radius 2 is 2.13 bits per heavy atom. The Morgan fingerprint density at radius 3 is 2.97 bits per heavy atom. The van der Waals surface area contributed by atoms with Gasteiger partial charge < -0.3 is 20.1 Å². The topological polar surface area (TPSA) is 102 Å². The van der Waals surface area contributed by atoms with Gasteiger partial charge in [-0.25, -0.2) is 0 Å². The van der Waals surface area contributed by atoms with E-state index in [9.17, 15) is 9.59 Å². The van der Waals surface area contributed by atoms with Crippen molar-refractivity contribution in [2.75, 3.05) is 24.4 Å². The van der Waals surface area contributed by atoms with Gasteiger partial charge in [-0.15, -0.1) is 10.2 Å². The number of para-hydroxylation sites is 2. The summed E-state index contributed by atoms with van der Waals surface area (Å²) < 4.78 is 11.3. The van der Waals surface area contributed by atoms with Gasteiger partial charge in [0.15, 0.2) is 16.7 Å².